The van der Waals surface area contributed by atoms with Crippen molar-refractivity contribution in [1.82, 2.24) is 15.1 Å². The van der Waals surface area contributed by atoms with Gasteiger partial charge in [0.15, 0.2) is 0 Å². The van der Waals surface area contributed by atoms with Crippen LogP contribution in [-0.4, -0.2) is 15.7 Å². The molecule has 1 N–H and O–H groups in total. The summed E-state index contributed by atoms with van der Waals surface area (Å²) in [6.07, 6.45) is 1.59. The van der Waals surface area contributed by atoms with Crippen LogP contribution in [-0.2, 0) is 13.6 Å². The van der Waals surface area contributed by atoms with E-state index in [9.17, 15) is 4.79 Å². The summed E-state index contributed by atoms with van der Waals surface area (Å²) in [5.74, 6) is 0.657. The largest absolute Gasteiger partial charge is 0.467 e. The number of hydrogen-bond donors (Lipinski definition) is 1. The molecule has 0 radical (unpaired) electrons. The molecule has 0 spiro atoms. The second kappa shape index (κ2) is 4.55. The fraction of sp³-hybridized carbons (Fsp3) is 0.231. The predicted molar refractivity (Wildman–Crippen MR) is 73.2 cm³/mol. The van der Waals surface area contributed by atoms with Crippen LogP contribution < -0.4 is 5.32 Å². The van der Waals surface area contributed by atoms with Crippen molar-refractivity contribution in [1.29, 1.82) is 0 Å². The molecule has 0 atom stereocenters. The maximum atomic E-state index is 12.1. The molecule has 0 saturated heterocycles. The maximum Gasteiger partial charge on any atom is 0.261 e. The van der Waals surface area contributed by atoms with Gasteiger partial charge in [-0.2, -0.15) is 5.10 Å². The SMILES string of the molecule is Cc1nn(C)c2sc(C(=O)NCc3ccco3)cc12. The highest BCUT2D eigenvalue weighted by molar-refractivity contribution is 7.20. The van der Waals surface area contributed by atoms with Gasteiger partial charge in [-0.3, -0.25) is 9.48 Å². The first-order valence-corrected chi connectivity index (χ1v) is 6.70. The van der Waals surface area contributed by atoms with Gasteiger partial charge in [-0.1, -0.05) is 0 Å². The van der Waals surface area contributed by atoms with Crippen LogP contribution in [0.25, 0.3) is 10.2 Å². The molecule has 0 aliphatic heterocycles. The van der Waals surface area contributed by atoms with Crippen molar-refractivity contribution in [3.8, 4) is 0 Å². The van der Waals surface area contributed by atoms with Crippen LogP contribution in [0.3, 0.4) is 0 Å². The third kappa shape index (κ3) is 2.15. The second-order valence-electron chi connectivity index (χ2n) is 4.30. The topological polar surface area (TPSA) is 60.1 Å². The zero-order valence-electron chi connectivity index (χ0n) is 10.6. The first-order valence-electron chi connectivity index (χ1n) is 5.89. The van der Waals surface area contributed by atoms with E-state index in [4.69, 9.17) is 4.42 Å². The summed E-state index contributed by atoms with van der Waals surface area (Å²) in [5.41, 5.74) is 0.943. The molecule has 3 heterocycles. The molecule has 6 heteroatoms. The zero-order chi connectivity index (χ0) is 13.4. The Morgan fingerprint density at radius 2 is 2.42 bits per heavy atom. The van der Waals surface area contributed by atoms with Crippen LogP contribution in [0.2, 0.25) is 0 Å². The van der Waals surface area contributed by atoms with Crippen molar-refractivity contribution in [3.63, 3.8) is 0 Å². The van der Waals surface area contributed by atoms with Crippen LogP contribution in [0.4, 0.5) is 0 Å². The average Bonchev–Trinajstić information content (AvgIpc) is 3.08. The molecule has 0 aliphatic rings. The Morgan fingerprint density at radius 3 is 3.11 bits per heavy atom. The van der Waals surface area contributed by atoms with E-state index in [0.717, 1.165) is 21.7 Å². The molecule has 0 unspecified atom stereocenters. The third-order valence-electron chi connectivity index (χ3n) is 2.92. The molecule has 0 fully saturated rings. The molecular formula is C13H13N3O2S. The molecule has 5 nitrogen and oxygen atoms in total. The molecule has 1 amide bonds. The van der Waals surface area contributed by atoms with Gasteiger partial charge in [0, 0.05) is 12.4 Å². The van der Waals surface area contributed by atoms with Gasteiger partial charge in [0.2, 0.25) is 0 Å². The van der Waals surface area contributed by atoms with E-state index < -0.39 is 0 Å². The van der Waals surface area contributed by atoms with Gasteiger partial charge >= 0.3 is 0 Å². The maximum absolute atomic E-state index is 12.1. The van der Waals surface area contributed by atoms with E-state index in [-0.39, 0.29) is 5.91 Å². The molecule has 3 aromatic rings. The van der Waals surface area contributed by atoms with Crippen LogP contribution in [0.1, 0.15) is 21.1 Å². The highest BCUT2D eigenvalue weighted by Crippen LogP contribution is 2.27. The van der Waals surface area contributed by atoms with Crippen LogP contribution in [0, 0.1) is 6.92 Å². The molecule has 3 rings (SSSR count). The van der Waals surface area contributed by atoms with Gasteiger partial charge in [0.1, 0.15) is 10.6 Å². The van der Waals surface area contributed by atoms with Crippen molar-refractivity contribution in [3.05, 3.63) is 40.8 Å². The second-order valence-corrected chi connectivity index (χ2v) is 5.33. The molecule has 19 heavy (non-hydrogen) atoms. The number of aryl methyl sites for hydroxylation is 2. The van der Waals surface area contributed by atoms with Crippen molar-refractivity contribution in [2.45, 2.75) is 13.5 Å². The quantitative estimate of drug-likeness (QED) is 0.798. The number of hydrogen-bond acceptors (Lipinski definition) is 4. The summed E-state index contributed by atoms with van der Waals surface area (Å²) in [7, 11) is 1.89. The smallest absolute Gasteiger partial charge is 0.261 e. The summed E-state index contributed by atoms with van der Waals surface area (Å²) in [6.45, 7) is 2.34. The van der Waals surface area contributed by atoms with E-state index in [0.29, 0.717) is 11.4 Å². The van der Waals surface area contributed by atoms with Gasteiger partial charge in [0.25, 0.3) is 5.91 Å². The van der Waals surface area contributed by atoms with E-state index in [1.54, 1.807) is 17.0 Å². The number of thiophene rings is 1. The van der Waals surface area contributed by atoms with Crippen LogP contribution in [0.5, 0.6) is 0 Å². The number of nitrogens with zero attached hydrogens (tertiary/aromatic N) is 2. The van der Waals surface area contributed by atoms with Gasteiger partial charge < -0.3 is 9.73 Å². The first-order chi connectivity index (χ1) is 9.15. The first kappa shape index (κ1) is 12.0. The Labute approximate surface area is 113 Å². The Hall–Kier alpha value is -2.08. The van der Waals surface area contributed by atoms with Gasteiger partial charge in [-0.25, -0.2) is 0 Å². The minimum atomic E-state index is -0.0861. The number of carbonyl (C=O) groups is 1. The van der Waals surface area contributed by atoms with E-state index in [2.05, 4.69) is 10.4 Å². The van der Waals surface area contributed by atoms with Crippen molar-refractivity contribution < 1.29 is 9.21 Å². The van der Waals surface area contributed by atoms with E-state index >= 15 is 0 Å². The number of furan rings is 1. The molecule has 0 bridgehead atoms. The minimum absolute atomic E-state index is 0.0861. The Kier molecular flexibility index (Phi) is 2.87. The fourth-order valence-corrected chi connectivity index (χ4v) is 3.02. The molecule has 3 aromatic heterocycles. The van der Waals surface area contributed by atoms with Crippen molar-refractivity contribution in [2.24, 2.45) is 7.05 Å². The Balaban J connectivity index is 1.79. The molecule has 0 aromatic carbocycles. The van der Waals surface area contributed by atoms with E-state index in [1.807, 2.05) is 26.1 Å². The van der Waals surface area contributed by atoms with Crippen LogP contribution in [0.15, 0.2) is 28.9 Å². The molecule has 0 aliphatic carbocycles. The summed E-state index contributed by atoms with van der Waals surface area (Å²) in [5, 5.41) is 8.19. The van der Waals surface area contributed by atoms with Crippen LogP contribution >= 0.6 is 11.3 Å². The average molecular weight is 275 g/mol. The number of nitrogens with one attached hydrogen (secondary N) is 1. The molecule has 98 valence electrons. The normalized spacial score (nSPS) is 11.1. The number of rotatable bonds is 3. The lowest BCUT2D eigenvalue weighted by Crippen LogP contribution is -2.21. The third-order valence-corrected chi connectivity index (χ3v) is 4.12. The number of fused-ring (bicyclic) bond motifs is 1. The minimum Gasteiger partial charge on any atom is -0.467 e. The summed E-state index contributed by atoms with van der Waals surface area (Å²) in [6, 6.07) is 5.52. The highest BCUT2D eigenvalue weighted by Gasteiger charge is 2.14. The van der Waals surface area contributed by atoms with Gasteiger partial charge in [-0.15, -0.1) is 11.3 Å². The van der Waals surface area contributed by atoms with Crippen molar-refractivity contribution in [2.75, 3.05) is 0 Å². The van der Waals surface area contributed by atoms with Gasteiger partial charge in [0.05, 0.1) is 23.4 Å². The Morgan fingerprint density at radius 1 is 1.58 bits per heavy atom. The standard InChI is InChI=1S/C13H13N3O2S/c1-8-10-6-11(19-13(10)16(2)15-8)12(17)14-7-9-4-3-5-18-9/h3-6H,7H2,1-2H3,(H,14,17). The Bertz CT molecular complexity index is 690. The van der Waals surface area contributed by atoms with Gasteiger partial charge in [-0.05, 0) is 25.1 Å². The predicted octanol–water partition coefficient (Wildman–Crippen LogP) is 2.47. The monoisotopic (exact) mass is 275 g/mol. The lowest BCUT2D eigenvalue weighted by atomic mass is 10.3. The summed E-state index contributed by atoms with van der Waals surface area (Å²) in [4.78, 5) is 13.8. The molecule has 0 saturated carbocycles. The number of amides is 1. The zero-order valence-corrected chi connectivity index (χ0v) is 11.5. The highest BCUT2D eigenvalue weighted by atomic mass is 32.1. The number of carbonyl (C=O) groups excluding carboxylic acids is 1. The molecular weight excluding hydrogens is 262 g/mol. The lowest BCUT2D eigenvalue weighted by Gasteiger charge is -2.00. The summed E-state index contributed by atoms with van der Waals surface area (Å²) >= 11 is 1.45. The fourth-order valence-electron chi connectivity index (χ4n) is 1.98. The van der Waals surface area contributed by atoms with E-state index in [1.165, 1.54) is 11.3 Å². The van der Waals surface area contributed by atoms with Crippen molar-refractivity contribution >= 4 is 27.5 Å². The summed E-state index contributed by atoms with van der Waals surface area (Å²) < 4.78 is 6.98. The number of aromatic nitrogens is 2. The lowest BCUT2D eigenvalue weighted by molar-refractivity contribution is 0.0952.